The molecule has 3 nitrogen and oxygen atoms in total. The molecule has 1 atom stereocenters. The van der Waals surface area contributed by atoms with Crippen LogP contribution in [0, 0.1) is 11.8 Å². The molecule has 1 unspecified atom stereocenters. The average Bonchev–Trinajstić information content (AvgIpc) is 3.24. The molecule has 3 rings (SSSR count). The van der Waals surface area contributed by atoms with Gasteiger partial charge in [0.15, 0.2) is 0 Å². The van der Waals surface area contributed by atoms with Gasteiger partial charge >= 0.3 is 0 Å². The topological polar surface area (TPSA) is 38.5 Å². The molecule has 1 heterocycles. The van der Waals surface area contributed by atoms with Crippen molar-refractivity contribution in [2.24, 2.45) is 17.6 Å². The fraction of sp³-hybridized carbons (Fsp3) is 1.00. The fourth-order valence-electron chi connectivity index (χ4n) is 3.26. The van der Waals surface area contributed by atoms with E-state index >= 15 is 0 Å². The normalized spacial score (nSPS) is 28.6. The Morgan fingerprint density at radius 2 is 1.76 bits per heavy atom. The Morgan fingerprint density at radius 1 is 1.06 bits per heavy atom. The molecule has 0 aromatic carbocycles. The standard InChI is InChI=1S/C14H26N2O/c15-9-14(12-5-7-17-8-6-12)16(13-3-4-13)10-11-1-2-11/h11-14H,1-10,15H2. The lowest BCUT2D eigenvalue weighted by Gasteiger charge is -2.38. The quantitative estimate of drug-likeness (QED) is 0.764. The second-order valence-electron chi connectivity index (χ2n) is 6.12. The van der Waals surface area contributed by atoms with Crippen LogP contribution in [0.3, 0.4) is 0 Å². The predicted molar refractivity (Wildman–Crippen MR) is 68.8 cm³/mol. The number of rotatable bonds is 6. The minimum atomic E-state index is 0.631. The van der Waals surface area contributed by atoms with Crippen LogP contribution in [0.25, 0.3) is 0 Å². The van der Waals surface area contributed by atoms with E-state index in [1.807, 2.05) is 0 Å². The van der Waals surface area contributed by atoms with E-state index in [0.29, 0.717) is 6.04 Å². The van der Waals surface area contributed by atoms with Crippen LogP contribution < -0.4 is 5.73 Å². The van der Waals surface area contributed by atoms with Crippen molar-refractivity contribution >= 4 is 0 Å². The van der Waals surface area contributed by atoms with Crippen molar-refractivity contribution in [3.63, 3.8) is 0 Å². The Bertz CT molecular complexity index is 245. The van der Waals surface area contributed by atoms with Gasteiger partial charge < -0.3 is 10.5 Å². The lowest BCUT2D eigenvalue weighted by atomic mass is 9.90. The molecular formula is C14H26N2O. The van der Waals surface area contributed by atoms with Gasteiger partial charge in [0.05, 0.1) is 0 Å². The van der Waals surface area contributed by atoms with Crippen molar-refractivity contribution < 1.29 is 4.74 Å². The van der Waals surface area contributed by atoms with Crippen LogP contribution in [0.15, 0.2) is 0 Å². The first kappa shape index (κ1) is 11.9. The second kappa shape index (κ2) is 5.25. The molecule has 98 valence electrons. The lowest BCUT2D eigenvalue weighted by Crippen LogP contribution is -2.49. The highest BCUT2D eigenvalue weighted by Gasteiger charge is 2.39. The minimum absolute atomic E-state index is 0.631. The first-order chi connectivity index (χ1) is 8.38. The van der Waals surface area contributed by atoms with E-state index < -0.39 is 0 Å². The fourth-order valence-corrected chi connectivity index (χ4v) is 3.26. The van der Waals surface area contributed by atoms with Crippen LogP contribution in [-0.2, 0) is 4.74 Å². The maximum absolute atomic E-state index is 6.08. The molecule has 2 saturated carbocycles. The van der Waals surface area contributed by atoms with Crippen molar-refractivity contribution in [1.82, 2.24) is 4.90 Å². The van der Waals surface area contributed by atoms with E-state index in [0.717, 1.165) is 37.6 Å². The van der Waals surface area contributed by atoms with E-state index in [-0.39, 0.29) is 0 Å². The smallest absolute Gasteiger partial charge is 0.0469 e. The monoisotopic (exact) mass is 238 g/mol. The molecule has 0 bridgehead atoms. The Balaban J connectivity index is 1.62. The van der Waals surface area contributed by atoms with E-state index in [2.05, 4.69) is 4.90 Å². The summed E-state index contributed by atoms with van der Waals surface area (Å²) in [4.78, 5) is 2.77. The van der Waals surface area contributed by atoms with Gasteiger partial charge in [-0.1, -0.05) is 0 Å². The Kier molecular flexibility index (Phi) is 3.69. The number of hydrogen-bond donors (Lipinski definition) is 1. The van der Waals surface area contributed by atoms with Crippen molar-refractivity contribution in [1.29, 1.82) is 0 Å². The average molecular weight is 238 g/mol. The maximum Gasteiger partial charge on any atom is 0.0469 e. The lowest BCUT2D eigenvalue weighted by molar-refractivity contribution is 0.0238. The van der Waals surface area contributed by atoms with Gasteiger partial charge in [0.1, 0.15) is 0 Å². The van der Waals surface area contributed by atoms with Crippen molar-refractivity contribution in [3.8, 4) is 0 Å². The molecule has 2 N–H and O–H groups in total. The first-order valence-electron chi connectivity index (χ1n) is 7.42. The minimum Gasteiger partial charge on any atom is -0.381 e. The van der Waals surface area contributed by atoms with Crippen molar-refractivity contribution in [2.45, 2.75) is 50.6 Å². The molecular weight excluding hydrogens is 212 g/mol. The third-order valence-corrected chi connectivity index (χ3v) is 4.66. The first-order valence-corrected chi connectivity index (χ1v) is 7.42. The van der Waals surface area contributed by atoms with Gasteiger partial charge in [-0.15, -0.1) is 0 Å². The van der Waals surface area contributed by atoms with Gasteiger partial charge in [0.25, 0.3) is 0 Å². The van der Waals surface area contributed by atoms with Crippen molar-refractivity contribution in [2.75, 3.05) is 26.3 Å². The molecule has 0 amide bonds. The third-order valence-electron chi connectivity index (χ3n) is 4.66. The molecule has 0 aromatic heterocycles. The van der Waals surface area contributed by atoms with Gasteiger partial charge in [0, 0.05) is 38.4 Å². The highest BCUT2D eigenvalue weighted by atomic mass is 16.5. The SMILES string of the molecule is NCC(C1CCOCC1)N(CC1CC1)C1CC1. The zero-order valence-corrected chi connectivity index (χ0v) is 10.8. The zero-order valence-electron chi connectivity index (χ0n) is 10.8. The number of hydrogen-bond acceptors (Lipinski definition) is 3. The van der Waals surface area contributed by atoms with Gasteiger partial charge in [-0.05, 0) is 50.4 Å². The van der Waals surface area contributed by atoms with E-state index in [4.69, 9.17) is 10.5 Å². The highest BCUT2D eigenvalue weighted by Crippen LogP contribution is 2.38. The van der Waals surface area contributed by atoms with E-state index in [9.17, 15) is 0 Å². The molecule has 3 aliphatic rings. The summed E-state index contributed by atoms with van der Waals surface area (Å²) in [5, 5.41) is 0. The van der Waals surface area contributed by atoms with Crippen molar-refractivity contribution in [3.05, 3.63) is 0 Å². The summed E-state index contributed by atoms with van der Waals surface area (Å²) in [5.41, 5.74) is 6.08. The molecule has 0 spiro atoms. The van der Waals surface area contributed by atoms with Gasteiger partial charge in [-0.25, -0.2) is 0 Å². The summed E-state index contributed by atoms with van der Waals surface area (Å²) in [6, 6.07) is 1.50. The Morgan fingerprint density at radius 3 is 2.29 bits per heavy atom. The summed E-state index contributed by atoms with van der Waals surface area (Å²) >= 11 is 0. The molecule has 0 radical (unpaired) electrons. The summed E-state index contributed by atoms with van der Waals surface area (Å²) in [5.74, 6) is 1.78. The number of nitrogens with zero attached hydrogens (tertiary/aromatic N) is 1. The van der Waals surface area contributed by atoms with Gasteiger partial charge in [-0.3, -0.25) is 4.90 Å². The molecule has 3 fully saturated rings. The summed E-state index contributed by atoms with van der Waals surface area (Å²) in [6.07, 6.45) is 8.16. The van der Waals surface area contributed by atoms with Crippen LogP contribution in [0.4, 0.5) is 0 Å². The van der Waals surface area contributed by atoms with Crippen LogP contribution >= 0.6 is 0 Å². The third kappa shape index (κ3) is 3.01. The second-order valence-corrected chi connectivity index (χ2v) is 6.12. The molecule has 1 aliphatic heterocycles. The predicted octanol–water partition coefficient (Wildman–Crippen LogP) is 1.61. The molecule has 0 aromatic rings. The van der Waals surface area contributed by atoms with Crippen LogP contribution in [0.2, 0.25) is 0 Å². The van der Waals surface area contributed by atoms with Crippen LogP contribution in [0.5, 0.6) is 0 Å². The molecule has 17 heavy (non-hydrogen) atoms. The maximum atomic E-state index is 6.08. The van der Waals surface area contributed by atoms with Crippen LogP contribution in [-0.4, -0.2) is 43.3 Å². The van der Waals surface area contributed by atoms with Gasteiger partial charge in [-0.2, -0.15) is 0 Å². The zero-order chi connectivity index (χ0) is 11.7. The van der Waals surface area contributed by atoms with E-state index in [1.165, 1.54) is 45.1 Å². The Hall–Kier alpha value is -0.120. The number of nitrogens with two attached hydrogens (primary N) is 1. The van der Waals surface area contributed by atoms with Gasteiger partial charge in [0.2, 0.25) is 0 Å². The molecule has 1 saturated heterocycles. The highest BCUT2D eigenvalue weighted by molar-refractivity contribution is 4.94. The van der Waals surface area contributed by atoms with Crippen LogP contribution in [0.1, 0.15) is 38.5 Å². The molecule has 2 aliphatic carbocycles. The largest absolute Gasteiger partial charge is 0.381 e. The molecule has 3 heteroatoms. The Labute approximate surface area is 105 Å². The number of ether oxygens (including phenoxy) is 1. The summed E-state index contributed by atoms with van der Waals surface area (Å²) in [7, 11) is 0. The summed E-state index contributed by atoms with van der Waals surface area (Å²) < 4.78 is 5.48. The summed E-state index contributed by atoms with van der Waals surface area (Å²) in [6.45, 7) is 4.06. The van der Waals surface area contributed by atoms with E-state index in [1.54, 1.807) is 0 Å².